The van der Waals surface area contributed by atoms with Crippen LogP contribution in [0.1, 0.15) is 28.2 Å². The lowest BCUT2D eigenvalue weighted by Gasteiger charge is -2.31. The van der Waals surface area contributed by atoms with E-state index in [1.807, 2.05) is 0 Å². The van der Waals surface area contributed by atoms with E-state index in [-0.39, 0.29) is 35.3 Å². The summed E-state index contributed by atoms with van der Waals surface area (Å²) in [7, 11) is 0. The first kappa shape index (κ1) is 14.5. The fourth-order valence-corrected chi connectivity index (χ4v) is 3.18. The number of aryl methyl sites for hydroxylation is 1. The molecule has 0 amide bonds. The molecule has 5 N–H and O–H groups in total. The topological polar surface area (TPSA) is 101 Å². The van der Waals surface area contributed by atoms with Crippen molar-refractivity contribution in [2.24, 2.45) is 0 Å². The van der Waals surface area contributed by atoms with Crippen molar-refractivity contribution in [1.82, 2.24) is 0 Å². The third kappa shape index (κ3) is 2.33. The van der Waals surface area contributed by atoms with Crippen LogP contribution in [-0.4, -0.2) is 31.6 Å². The van der Waals surface area contributed by atoms with Gasteiger partial charge in [-0.3, -0.25) is 0 Å². The van der Waals surface area contributed by atoms with Crippen molar-refractivity contribution in [1.29, 1.82) is 0 Å². The second kappa shape index (κ2) is 5.10. The summed E-state index contributed by atoms with van der Waals surface area (Å²) >= 11 is 0. The highest BCUT2D eigenvalue weighted by atomic mass is 16.3. The fraction of sp³-hybridized carbons (Fsp3) is 0.294. The molecular weight excluding hydrogens is 284 g/mol. The Morgan fingerprint density at radius 2 is 1.64 bits per heavy atom. The molecule has 0 aromatic heterocycles. The van der Waals surface area contributed by atoms with Crippen LogP contribution in [0.3, 0.4) is 0 Å². The summed E-state index contributed by atoms with van der Waals surface area (Å²) in [4.78, 5) is 0. The van der Waals surface area contributed by atoms with Crippen molar-refractivity contribution in [2.75, 3.05) is 0 Å². The predicted octanol–water partition coefficient (Wildman–Crippen LogP) is 2.06. The lowest BCUT2D eigenvalue weighted by molar-refractivity contribution is 0.134. The van der Waals surface area contributed by atoms with Gasteiger partial charge in [0.05, 0.1) is 6.10 Å². The van der Waals surface area contributed by atoms with Gasteiger partial charge in [-0.2, -0.15) is 0 Å². The predicted molar refractivity (Wildman–Crippen MR) is 80.4 cm³/mol. The van der Waals surface area contributed by atoms with Crippen molar-refractivity contribution in [3.63, 3.8) is 0 Å². The highest BCUT2D eigenvalue weighted by Crippen LogP contribution is 2.41. The van der Waals surface area contributed by atoms with Crippen LogP contribution in [0.15, 0.2) is 24.3 Å². The van der Waals surface area contributed by atoms with Gasteiger partial charge in [-0.25, -0.2) is 0 Å². The molecule has 2 aromatic carbocycles. The van der Waals surface area contributed by atoms with Gasteiger partial charge in [-0.1, -0.05) is 6.07 Å². The van der Waals surface area contributed by atoms with E-state index in [9.17, 15) is 25.5 Å². The monoisotopic (exact) mass is 302 g/mol. The van der Waals surface area contributed by atoms with Gasteiger partial charge in [0.15, 0.2) is 11.5 Å². The Labute approximate surface area is 127 Å². The zero-order valence-electron chi connectivity index (χ0n) is 12.1. The highest BCUT2D eigenvalue weighted by Gasteiger charge is 2.31. The summed E-state index contributed by atoms with van der Waals surface area (Å²) in [5, 5.41) is 49.3. The minimum atomic E-state index is -0.716. The number of aromatic hydroxyl groups is 4. The number of benzene rings is 2. The van der Waals surface area contributed by atoms with Crippen LogP contribution in [0.25, 0.3) is 0 Å². The molecule has 5 nitrogen and oxygen atoms in total. The molecule has 0 aliphatic heterocycles. The zero-order chi connectivity index (χ0) is 16.0. The minimum absolute atomic E-state index is 0.0165. The molecule has 5 heteroatoms. The first-order chi connectivity index (χ1) is 10.4. The van der Waals surface area contributed by atoms with Crippen LogP contribution < -0.4 is 0 Å². The lowest BCUT2D eigenvalue weighted by Crippen LogP contribution is -2.28. The van der Waals surface area contributed by atoms with Gasteiger partial charge in [-0.05, 0) is 47.7 Å². The van der Waals surface area contributed by atoms with Gasteiger partial charge in [0, 0.05) is 18.4 Å². The molecule has 2 aromatic rings. The number of hydrogen-bond donors (Lipinski definition) is 5. The maximum Gasteiger partial charge on any atom is 0.160 e. The van der Waals surface area contributed by atoms with E-state index < -0.39 is 6.10 Å². The van der Waals surface area contributed by atoms with Crippen LogP contribution >= 0.6 is 0 Å². The van der Waals surface area contributed by atoms with E-state index in [1.54, 1.807) is 19.1 Å². The second-order valence-electron chi connectivity index (χ2n) is 5.89. The quantitative estimate of drug-likeness (QED) is 0.519. The standard InChI is InChI=1S/C17H18O5/c1-8-2-9(5-16(21)17(8)22)12-4-10-3-11(18)6-14(19)13(10)7-15(12)20/h2-3,5-6,12,15,18-22H,4,7H2,1H3. The Bertz CT molecular complexity index is 715. The summed E-state index contributed by atoms with van der Waals surface area (Å²) in [6.07, 6.45) is -0.0131. The van der Waals surface area contributed by atoms with Crippen molar-refractivity contribution >= 4 is 0 Å². The Hall–Kier alpha value is -2.40. The van der Waals surface area contributed by atoms with Crippen LogP contribution in [-0.2, 0) is 12.8 Å². The molecule has 0 saturated heterocycles. The van der Waals surface area contributed by atoms with Gasteiger partial charge >= 0.3 is 0 Å². The Balaban J connectivity index is 2.03. The smallest absolute Gasteiger partial charge is 0.160 e. The number of hydrogen-bond acceptors (Lipinski definition) is 5. The van der Waals surface area contributed by atoms with Gasteiger partial charge in [0.2, 0.25) is 0 Å². The number of phenols is 4. The summed E-state index contributed by atoms with van der Waals surface area (Å²) in [5.41, 5.74) is 2.67. The number of rotatable bonds is 1. The SMILES string of the molecule is Cc1cc(C2Cc3cc(O)cc(O)c3CC2O)cc(O)c1O. The molecular formula is C17H18O5. The van der Waals surface area contributed by atoms with Crippen molar-refractivity contribution in [3.8, 4) is 23.0 Å². The Morgan fingerprint density at radius 1 is 0.909 bits per heavy atom. The maximum absolute atomic E-state index is 10.4. The Morgan fingerprint density at radius 3 is 2.32 bits per heavy atom. The second-order valence-corrected chi connectivity index (χ2v) is 5.89. The Kier molecular flexibility index (Phi) is 3.37. The normalized spacial score (nSPS) is 20.6. The molecule has 0 radical (unpaired) electrons. The summed E-state index contributed by atoms with van der Waals surface area (Å²) < 4.78 is 0. The first-order valence-corrected chi connectivity index (χ1v) is 7.11. The molecule has 2 atom stereocenters. The summed E-state index contributed by atoms with van der Waals surface area (Å²) in [6, 6.07) is 6.03. The first-order valence-electron chi connectivity index (χ1n) is 7.11. The fourth-order valence-electron chi connectivity index (χ4n) is 3.18. The maximum atomic E-state index is 10.4. The third-order valence-corrected chi connectivity index (χ3v) is 4.35. The van der Waals surface area contributed by atoms with E-state index in [0.717, 1.165) is 5.56 Å². The zero-order valence-corrected chi connectivity index (χ0v) is 12.1. The summed E-state index contributed by atoms with van der Waals surface area (Å²) in [6.45, 7) is 1.68. The van der Waals surface area contributed by atoms with Gasteiger partial charge in [0.25, 0.3) is 0 Å². The van der Waals surface area contributed by atoms with Crippen molar-refractivity contribution in [3.05, 3.63) is 46.5 Å². The van der Waals surface area contributed by atoms with Crippen LogP contribution in [0.2, 0.25) is 0 Å². The van der Waals surface area contributed by atoms with Crippen LogP contribution in [0.4, 0.5) is 0 Å². The van der Waals surface area contributed by atoms with E-state index in [4.69, 9.17) is 0 Å². The molecule has 2 unspecified atom stereocenters. The molecule has 0 fully saturated rings. The van der Waals surface area contributed by atoms with Crippen LogP contribution in [0.5, 0.6) is 23.0 Å². The number of fused-ring (bicyclic) bond motifs is 1. The van der Waals surface area contributed by atoms with Gasteiger partial charge in [-0.15, -0.1) is 0 Å². The average molecular weight is 302 g/mol. The molecule has 1 aliphatic rings. The molecule has 0 heterocycles. The average Bonchev–Trinajstić information content (AvgIpc) is 2.44. The molecule has 22 heavy (non-hydrogen) atoms. The molecule has 116 valence electrons. The van der Waals surface area contributed by atoms with Crippen LogP contribution in [0, 0.1) is 6.92 Å². The summed E-state index contributed by atoms with van der Waals surface area (Å²) in [5.74, 6) is -0.691. The van der Waals surface area contributed by atoms with Crippen molar-refractivity contribution in [2.45, 2.75) is 31.8 Å². The number of aliphatic hydroxyl groups excluding tert-OH is 1. The molecule has 0 spiro atoms. The minimum Gasteiger partial charge on any atom is -0.508 e. The van der Waals surface area contributed by atoms with E-state index in [2.05, 4.69) is 0 Å². The molecule has 1 aliphatic carbocycles. The van der Waals surface area contributed by atoms with E-state index >= 15 is 0 Å². The highest BCUT2D eigenvalue weighted by molar-refractivity contribution is 5.51. The van der Waals surface area contributed by atoms with Crippen molar-refractivity contribution < 1.29 is 25.5 Å². The largest absolute Gasteiger partial charge is 0.508 e. The van der Waals surface area contributed by atoms with Gasteiger partial charge in [0.1, 0.15) is 11.5 Å². The molecule has 0 saturated carbocycles. The van der Waals surface area contributed by atoms with E-state index in [1.165, 1.54) is 12.1 Å². The molecule has 3 rings (SSSR count). The number of phenolic OH excluding ortho intramolecular Hbond substituents is 4. The lowest BCUT2D eigenvalue weighted by atomic mass is 9.77. The number of aliphatic hydroxyl groups is 1. The molecule has 0 bridgehead atoms. The third-order valence-electron chi connectivity index (χ3n) is 4.35. The van der Waals surface area contributed by atoms with E-state index in [0.29, 0.717) is 23.1 Å². The van der Waals surface area contributed by atoms with Gasteiger partial charge < -0.3 is 25.5 Å².